The first-order chi connectivity index (χ1) is 8.65. The second-order valence-corrected chi connectivity index (χ2v) is 2.37. The Morgan fingerprint density at radius 3 is 1.43 bits per heavy atom. The number of aliphatic carboxylic acids is 3. The number of rotatable bonds is 1. The maximum absolute atomic E-state index is 10.3. The molecule has 1 saturated heterocycles. The van der Waals surface area contributed by atoms with Crippen molar-refractivity contribution < 1.29 is 76.9 Å². The molecule has 0 N–H and O–H groups in total. The van der Waals surface area contributed by atoms with E-state index in [-0.39, 0.29) is 56.6 Å². The van der Waals surface area contributed by atoms with E-state index >= 15 is 0 Å². The molecule has 0 bridgehead atoms. The Morgan fingerprint density at radius 1 is 0.857 bits per heavy atom. The molecule has 15 heteroatoms. The predicted molar refractivity (Wildman–Crippen MR) is 44.8 cm³/mol. The maximum atomic E-state index is 10.3. The van der Waals surface area contributed by atoms with Crippen LogP contribution in [0.1, 0.15) is 0 Å². The van der Waals surface area contributed by atoms with Crippen LogP contribution < -0.4 is 34.2 Å². The summed E-state index contributed by atoms with van der Waals surface area (Å²) in [6, 6.07) is 0. The normalized spacial score (nSPS) is 11.3. The largest absolute Gasteiger partial charge is 2.00 e. The summed E-state index contributed by atoms with van der Waals surface area (Å²) in [4.78, 5) is 58.5. The fourth-order valence-electron chi connectivity index (χ4n) is 0.479. The molecule has 102 valence electrons. The van der Waals surface area contributed by atoms with Crippen LogP contribution in [0.3, 0.4) is 0 Å². The van der Waals surface area contributed by atoms with Gasteiger partial charge in [-0.2, -0.15) is 0 Å². The molecule has 0 aromatic carbocycles. The van der Waals surface area contributed by atoms with E-state index in [2.05, 4.69) is 14.0 Å². The van der Waals surface area contributed by atoms with Gasteiger partial charge in [-0.05, 0) is 0 Å². The summed E-state index contributed by atoms with van der Waals surface area (Å²) in [6.07, 6.45) is 0. The van der Waals surface area contributed by atoms with E-state index in [9.17, 15) is 24.3 Å². The van der Waals surface area contributed by atoms with E-state index in [0.717, 1.165) is 0 Å². The van der Waals surface area contributed by atoms with E-state index in [4.69, 9.17) is 19.8 Å². The van der Waals surface area contributed by atoms with Crippen LogP contribution in [-0.4, -0.2) is 80.9 Å². The van der Waals surface area contributed by atoms with Gasteiger partial charge in [0.1, 0.15) is 0 Å². The van der Waals surface area contributed by atoms with Crippen LogP contribution in [0.25, 0.3) is 0 Å². The number of hydrogen-bond acceptors (Lipinski definition) is 12. The van der Waals surface area contributed by atoms with Crippen molar-refractivity contribution in [3.63, 3.8) is 0 Å². The van der Waals surface area contributed by atoms with Gasteiger partial charge in [-0.25, -0.2) is 14.4 Å². The monoisotopic (exact) mass is 322 g/mol. The van der Waals surface area contributed by atoms with Gasteiger partial charge >= 0.3 is 81.8 Å². The maximum Gasteiger partial charge on any atom is 2.00 e. The molecule has 0 saturated carbocycles. The van der Waals surface area contributed by atoms with Crippen LogP contribution in [-0.2, 0) is 42.7 Å². The van der Waals surface area contributed by atoms with Crippen LogP contribution in [0.15, 0.2) is 0 Å². The summed E-state index contributed by atoms with van der Waals surface area (Å²) in [5, 5.41) is 27.6. The molecule has 0 radical (unpaired) electrons. The molecule has 0 amide bonds. The fraction of sp³-hybridized carbons (Fsp3) is 0. The van der Waals surface area contributed by atoms with Crippen molar-refractivity contribution in [2.45, 2.75) is 0 Å². The summed E-state index contributed by atoms with van der Waals surface area (Å²) in [5.41, 5.74) is 0. The number of carboxylic acids is 3. The van der Waals surface area contributed by atoms with Crippen molar-refractivity contribution in [2.24, 2.45) is 0 Å². The summed E-state index contributed by atoms with van der Waals surface area (Å²) in [5.74, 6) is -11.0. The quantitative estimate of drug-likeness (QED) is 0.326. The van der Waals surface area contributed by atoms with Crippen molar-refractivity contribution in [1.82, 2.24) is 0 Å². The van der Waals surface area contributed by atoms with Gasteiger partial charge in [-0.1, -0.05) is 0 Å². The average Bonchev–Trinajstić information content (AvgIpc) is 2.58. The van der Waals surface area contributed by atoms with Gasteiger partial charge in [-0.15, -0.1) is 0 Å². The molecule has 0 aromatic heterocycles. The molecule has 0 atom stereocenters. The van der Waals surface area contributed by atoms with Crippen LogP contribution in [0, 0.1) is 0 Å². The predicted octanol–water partition coefficient (Wildman–Crippen LogP) is -10.5. The molecule has 1 aliphatic rings. The Kier molecular flexibility index (Phi) is 13.4. The van der Waals surface area contributed by atoms with Gasteiger partial charge in [0.2, 0.25) is 0 Å². The molecule has 12 nitrogen and oxygen atoms in total. The molecule has 21 heavy (non-hydrogen) atoms. The zero-order valence-corrected chi connectivity index (χ0v) is 12.4. The Hall–Kier alpha value is -1.26. The third-order valence-corrected chi connectivity index (χ3v) is 1.11. The smallest absolute Gasteiger partial charge is 0.543 e. The molecular formula is C6BCaLiO12. The van der Waals surface area contributed by atoms with Gasteiger partial charge < -0.3 is 43.7 Å². The van der Waals surface area contributed by atoms with Gasteiger partial charge in [0, 0.05) is 0 Å². The Labute approximate surface area is 157 Å². The average molecular weight is 322 g/mol. The molecule has 1 rings (SSSR count). The minimum absolute atomic E-state index is 0. The van der Waals surface area contributed by atoms with Crippen LogP contribution in [0.2, 0.25) is 0 Å². The first-order valence-electron chi connectivity index (χ1n) is 3.91. The molecule has 0 spiro atoms. The third-order valence-electron chi connectivity index (χ3n) is 1.11. The van der Waals surface area contributed by atoms with Crippen molar-refractivity contribution in [3.8, 4) is 0 Å². The van der Waals surface area contributed by atoms with E-state index in [1.165, 1.54) is 0 Å². The third kappa shape index (κ3) is 10.2. The second-order valence-electron chi connectivity index (χ2n) is 2.37. The number of carbonyl (C=O) groups is 6. The number of carboxylic acid groups (broad SMARTS) is 3. The minimum atomic E-state index is -2.19. The van der Waals surface area contributed by atoms with Crippen LogP contribution in [0.5, 0.6) is 0 Å². The number of carbonyl (C=O) groups excluding carboxylic acids is 6. The summed E-state index contributed by atoms with van der Waals surface area (Å²) in [6.45, 7) is 0. The van der Waals surface area contributed by atoms with E-state index < -0.39 is 43.1 Å². The molecular weight excluding hydrogens is 322 g/mol. The topological polar surface area (TPSA) is 199 Å². The van der Waals surface area contributed by atoms with Crippen molar-refractivity contribution >= 4 is 80.9 Å². The molecule has 0 aliphatic carbocycles. The Morgan fingerprint density at radius 2 is 1.19 bits per heavy atom. The van der Waals surface area contributed by atoms with Crippen molar-refractivity contribution in [1.29, 1.82) is 0 Å². The zero-order valence-electron chi connectivity index (χ0n) is 10.2. The van der Waals surface area contributed by atoms with Crippen molar-refractivity contribution in [2.75, 3.05) is 0 Å². The van der Waals surface area contributed by atoms with Crippen molar-refractivity contribution in [3.05, 3.63) is 0 Å². The summed E-state index contributed by atoms with van der Waals surface area (Å²) in [7, 11) is -1.94. The molecule has 0 unspecified atom stereocenters. The molecule has 1 aliphatic heterocycles. The summed E-state index contributed by atoms with van der Waals surface area (Å²) >= 11 is 0. The van der Waals surface area contributed by atoms with E-state index in [1.807, 2.05) is 0 Å². The van der Waals surface area contributed by atoms with Gasteiger partial charge in [-0.3, -0.25) is 0 Å². The number of hydrogen-bond donors (Lipinski definition) is 0. The first kappa shape index (κ1) is 24.7. The Bertz CT molecular complexity index is 435. The first-order valence-corrected chi connectivity index (χ1v) is 3.91. The SMILES string of the molecule is O=C([O-])C(=O)OB1OC(=O)C(=O)O1.O=C([O-])C(=O)[O-].[Ca+2].[Li+]. The van der Waals surface area contributed by atoms with Crippen LogP contribution in [0.4, 0.5) is 0 Å². The zero-order chi connectivity index (χ0) is 15.2. The van der Waals surface area contributed by atoms with Gasteiger partial charge in [0.05, 0.1) is 11.9 Å². The van der Waals surface area contributed by atoms with E-state index in [0.29, 0.717) is 0 Å². The molecule has 1 heterocycles. The molecule has 0 aromatic rings. The van der Waals surface area contributed by atoms with Crippen LogP contribution >= 0.6 is 0 Å². The molecule has 1 fully saturated rings. The summed E-state index contributed by atoms with van der Waals surface area (Å²) < 4.78 is 11.7. The second kappa shape index (κ2) is 11.4. The standard InChI is InChI=1S/C4HBO8.C2H2O4.Ca.Li/c6-1(7)2(8)11-5-12-3(9)4(10)13-5;3-1(4)2(5)6;;/h(H,6,7);(H,3,4)(H,5,6);;/q;;+2;+1/p-3. The van der Waals surface area contributed by atoms with Gasteiger partial charge in [0.15, 0.2) is 5.97 Å². The van der Waals surface area contributed by atoms with E-state index in [1.54, 1.807) is 0 Å². The minimum Gasteiger partial charge on any atom is -0.543 e. The van der Waals surface area contributed by atoms with Gasteiger partial charge in [0.25, 0.3) is 0 Å². The Balaban J connectivity index is -0.000000352. The fourth-order valence-corrected chi connectivity index (χ4v) is 0.479.